The molecule has 0 amide bonds. The van der Waals surface area contributed by atoms with Crippen LogP contribution in [0.25, 0.3) is 10.9 Å². The van der Waals surface area contributed by atoms with E-state index < -0.39 is 0 Å². The van der Waals surface area contributed by atoms with Gasteiger partial charge >= 0.3 is 0 Å². The number of fused-ring (bicyclic) bond motifs is 1. The van der Waals surface area contributed by atoms with E-state index in [9.17, 15) is 4.79 Å². The second-order valence-electron chi connectivity index (χ2n) is 5.23. The molecule has 0 saturated carbocycles. The number of carbonyl (C=O) groups excluding carboxylic acids is 1. The van der Waals surface area contributed by atoms with E-state index in [4.69, 9.17) is 0 Å². The van der Waals surface area contributed by atoms with Gasteiger partial charge in [-0.3, -0.25) is 9.36 Å². The summed E-state index contributed by atoms with van der Waals surface area (Å²) >= 11 is 0. The van der Waals surface area contributed by atoms with Gasteiger partial charge in [0.15, 0.2) is 0 Å². The molecule has 3 aromatic rings. The van der Waals surface area contributed by atoms with E-state index in [-0.39, 0.29) is 5.91 Å². The number of nitrogens with zero attached hydrogens (tertiary/aromatic N) is 1. The van der Waals surface area contributed by atoms with Crippen LogP contribution in [0.5, 0.6) is 0 Å². The molecular weight excluding hydrogens is 246 g/mol. The summed E-state index contributed by atoms with van der Waals surface area (Å²) < 4.78 is 1.81. The topological polar surface area (TPSA) is 22.0 Å². The lowest BCUT2D eigenvalue weighted by molar-refractivity contribution is 0.0963. The molecule has 2 nitrogen and oxygen atoms in total. The van der Waals surface area contributed by atoms with E-state index in [1.165, 1.54) is 5.56 Å². The molecule has 0 saturated heterocycles. The van der Waals surface area contributed by atoms with Gasteiger partial charge in [-0.1, -0.05) is 35.9 Å². The van der Waals surface area contributed by atoms with Gasteiger partial charge in [0, 0.05) is 16.6 Å². The van der Waals surface area contributed by atoms with E-state index in [1.807, 2.05) is 60.9 Å². The minimum atomic E-state index is 0.0341. The van der Waals surface area contributed by atoms with Crippen molar-refractivity contribution < 1.29 is 4.79 Å². The molecule has 0 spiro atoms. The molecule has 0 aliphatic rings. The van der Waals surface area contributed by atoms with Crippen LogP contribution >= 0.6 is 0 Å². The summed E-state index contributed by atoms with van der Waals surface area (Å²) in [6.07, 6.45) is 0. The molecule has 20 heavy (non-hydrogen) atoms. The SMILES string of the molecule is Cc1ccc(C(=O)n2c(C)c(C)c3ccccc32)cc1. The summed E-state index contributed by atoms with van der Waals surface area (Å²) in [6.45, 7) is 6.09. The Morgan fingerprint density at radius 3 is 2.25 bits per heavy atom. The van der Waals surface area contributed by atoms with Crippen molar-refractivity contribution in [2.24, 2.45) is 0 Å². The number of rotatable bonds is 1. The number of hydrogen-bond donors (Lipinski definition) is 0. The molecule has 100 valence electrons. The van der Waals surface area contributed by atoms with Crippen LogP contribution in [0.3, 0.4) is 0 Å². The maximum atomic E-state index is 12.8. The lowest BCUT2D eigenvalue weighted by Crippen LogP contribution is -2.13. The fraction of sp³-hybridized carbons (Fsp3) is 0.167. The molecular formula is C18H17NO. The van der Waals surface area contributed by atoms with Gasteiger partial charge in [-0.15, -0.1) is 0 Å². The van der Waals surface area contributed by atoms with Crippen molar-refractivity contribution in [2.45, 2.75) is 20.8 Å². The van der Waals surface area contributed by atoms with Crippen molar-refractivity contribution in [2.75, 3.05) is 0 Å². The first-order chi connectivity index (χ1) is 9.59. The highest BCUT2D eigenvalue weighted by Gasteiger charge is 2.17. The number of para-hydroxylation sites is 1. The molecule has 1 aromatic heterocycles. The maximum absolute atomic E-state index is 12.8. The molecule has 3 rings (SSSR count). The fourth-order valence-electron chi connectivity index (χ4n) is 2.62. The Morgan fingerprint density at radius 2 is 1.55 bits per heavy atom. The van der Waals surface area contributed by atoms with Crippen LogP contribution < -0.4 is 0 Å². The first kappa shape index (κ1) is 12.7. The Morgan fingerprint density at radius 1 is 0.900 bits per heavy atom. The van der Waals surface area contributed by atoms with Gasteiger partial charge in [-0.05, 0) is 44.5 Å². The van der Waals surface area contributed by atoms with Crippen LogP contribution in [0.15, 0.2) is 48.5 Å². The number of aryl methyl sites for hydroxylation is 2. The predicted octanol–water partition coefficient (Wildman–Crippen LogP) is 4.26. The van der Waals surface area contributed by atoms with Crippen LogP contribution in [0.1, 0.15) is 27.2 Å². The summed E-state index contributed by atoms with van der Waals surface area (Å²) in [7, 11) is 0. The molecule has 0 aliphatic carbocycles. The van der Waals surface area contributed by atoms with E-state index in [0.29, 0.717) is 0 Å². The monoisotopic (exact) mass is 263 g/mol. The Kier molecular flexibility index (Phi) is 2.94. The van der Waals surface area contributed by atoms with Crippen LogP contribution in [0.4, 0.5) is 0 Å². The first-order valence-corrected chi connectivity index (χ1v) is 6.77. The Hall–Kier alpha value is -2.35. The average Bonchev–Trinajstić information content (AvgIpc) is 2.72. The Bertz CT molecular complexity index is 794. The minimum Gasteiger partial charge on any atom is -0.280 e. The number of hydrogen-bond acceptors (Lipinski definition) is 1. The van der Waals surface area contributed by atoms with Crippen molar-refractivity contribution in [3.05, 3.63) is 70.9 Å². The summed E-state index contributed by atoms with van der Waals surface area (Å²) in [5, 5.41) is 1.14. The third kappa shape index (κ3) is 1.85. The third-order valence-electron chi connectivity index (χ3n) is 3.93. The van der Waals surface area contributed by atoms with E-state index in [0.717, 1.165) is 27.7 Å². The summed E-state index contributed by atoms with van der Waals surface area (Å²) in [5.74, 6) is 0.0341. The zero-order valence-corrected chi connectivity index (χ0v) is 12.0. The Balaban J connectivity index is 2.22. The van der Waals surface area contributed by atoms with Crippen LogP contribution in [0.2, 0.25) is 0 Å². The van der Waals surface area contributed by atoms with Gasteiger partial charge < -0.3 is 0 Å². The van der Waals surface area contributed by atoms with Gasteiger partial charge in [-0.2, -0.15) is 0 Å². The molecule has 2 aromatic carbocycles. The van der Waals surface area contributed by atoms with Crippen LogP contribution in [-0.4, -0.2) is 10.5 Å². The smallest absolute Gasteiger partial charge is 0.262 e. The van der Waals surface area contributed by atoms with Crippen molar-refractivity contribution >= 4 is 16.8 Å². The first-order valence-electron chi connectivity index (χ1n) is 6.77. The number of carbonyl (C=O) groups is 1. The highest BCUT2D eigenvalue weighted by molar-refractivity contribution is 6.03. The highest BCUT2D eigenvalue weighted by Crippen LogP contribution is 2.25. The second-order valence-corrected chi connectivity index (χ2v) is 5.23. The van der Waals surface area contributed by atoms with Gasteiger partial charge in [0.2, 0.25) is 0 Å². The van der Waals surface area contributed by atoms with E-state index in [1.54, 1.807) is 0 Å². The van der Waals surface area contributed by atoms with Crippen molar-refractivity contribution in [1.82, 2.24) is 4.57 Å². The van der Waals surface area contributed by atoms with Crippen molar-refractivity contribution in [1.29, 1.82) is 0 Å². The zero-order chi connectivity index (χ0) is 14.3. The molecule has 0 N–H and O–H groups in total. The minimum absolute atomic E-state index is 0.0341. The fourth-order valence-corrected chi connectivity index (χ4v) is 2.62. The third-order valence-corrected chi connectivity index (χ3v) is 3.93. The molecule has 0 fully saturated rings. The zero-order valence-electron chi connectivity index (χ0n) is 12.0. The van der Waals surface area contributed by atoms with Gasteiger partial charge in [0.1, 0.15) is 0 Å². The van der Waals surface area contributed by atoms with Gasteiger partial charge in [0.25, 0.3) is 5.91 Å². The maximum Gasteiger partial charge on any atom is 0.262 e. The van der Waals surface area contributed by atoms with E-state index >= 15 is 0 Å². The molecule has 0 radical (unpaired) electrons. The molecule has 2 heteroatoms. The summed E-state index contributed by atoms with van der Waals surface area (Å²) in [6, 6.07) is 15.8. The Labute approximate surface area is 118 Å². The average molecular weight is 263 g/mol. The molecule has 1 heterocycles. The van der Waals surface area contributed by atoms with E-state index in [2.05, 4.69) is 13.0 Å². The van der Waals surface area contributed by atoms with Crippen LogP contribution in [0, 0.1) is 20.8 Å². The molecule has 0 aliphatic heterocycles. The molecule has 0 atom stereocenters. The number of benzene rings is 2. The van der Waals surface area contributed by atoms with Crippen molar-refractivity contribution in [3.8, 4) is 0 Å². The summed E-state index contributed by atoms with van der Waals surface area (Å²) in [4.78, 5) is 12.8. The summed E-state index contributed by atoms with van der Waals surface area (Å²) in [5.41, 5.74) is 5.04. The predicted molar refractivity (Wildman–Crippen MR) is 82.3 cm³/mol. The van der Waals surface area contributed by atoms with Crippen molar-refractivity contribution in [3.63, 3.8) is 0 Å². The lowest BCUT2D eigenvalue weighted by Gasteiger charge is -2.07. The largest absolute Gasteiger partial charge is 0.280 e. The van der Waals surface area contributed by atoms with Crippen LogP contribution in [-0.2, 0) is 0 Å². The lowest BCUT2D eigenvalue weighted by atomic mass is 10.1. The highest BCUT2D eigenvalue weighted by atomic mass is 16.2. The second kappa shape index (κ2) is 4.64. The van der Waals surface area contributed by atoms with Gasteiger partial charge in [-0.25, -0.2) is 0 Å². The van der Waals surface area contributed by atoms with Gasteiger partial charge in [0.05, 0.1) is 5.52 Å². The molecule has 0 bridgehead atoms. The quantitative estimate of drug-likeness (QED) is 0.643. The standard InChI is InChI=1S/C18H17NO/c1-12-8-10-15(11-9-12)18(20)19-14(3)13(2)16-6-4-5-7-17(16)19/h4-11H,1-3H3. The number of aromatic nitrogens is 1. The normalized spacial score (nSPS) is 10.9. The molecule has 0 unspecified atom stereocenters.